The Morgan fingerprint density at radius 2 is 1.72 bits per heavy atom. The summed E-state index contributed by atoms with van der Waals surface area (Å²) in [5.74, 6) is 5.75. The second-order valence-electron chi connectivity index (χ2n) is 6.93. The van der Waals surface area contributed by atoms with Crippen LogP contribution in [0.3, 0.4) is 0 Å². The van der Waals surface area contributed by atoms with Crippen molar-refractivity contribution in [3.8, 4) is 0 Å². The third kappa shape index (κ3) is 3.62. The van der Waals surface area contributed by atoms with Crippen molar-refractivity contribution >= 4 is 44.0 Å². The molecular weight excluding hydrogens is 410 g/mol. The number of rotatable bonds is 4. The van der Waals surface area contributed by atoms with E-state index in [2.05, 4.69) is 0 Å². The molecule has 1 unspecified atom stereocenters. The highest BCUT2D eigenvalue weighted by Gasteiger charge is 2.41. The number of sulfonamides is 1. The summed E-state index contributed by atoms with van der Waals surface area (Å²) in [6, 6.07) is 18.2. The fraction of sp³-hybridized carbons (Fsp3) is 0.190. The fourth-order valence-corrected chi connectivity index (χ4v) is 5.49. The molecule has 150 valence electrons. The molecule has 1 aliphatic rings. The lowest BCUT2D eigenvalue weighted by atomic mass is 10.1. The molecule has 8 heteroatoms. The van der Waals surface area contributed by atoms with Crippen LogP contribution in [0, 0.1) is 0 Å². The number of benzene rings is 3. The van der Waals surface area contributed by atoms with Crippen molar-refractivity contribution in [1.29, 1.82) is 0 Å². The van der Waals surface area contributed by atoms with Crippen LogP contribution in [0.2, 0.25) is 5.02 Å². The van der Waals surface area contributed by atoms with Gasteiger partial charge in [0.15, 0.2) is 0 Å². The van der Waals surface area contributed by atoms with Gasteiger partial charge in [0.25, 0.3) is 5.91 Å². The van der Waals surface area contributed by atoms with E-state index in [1.165, 1.54) is 28.6 Å². The minimum absolute atomic E-state index is 0.107. The zero-order chi connectivity index (χ0) is 20.6. The third-order valence-electron chi connectivity index (χ3n) is 5.17. The highest BCUT2D eigenvalue weighted by atomic mass is 35.5. The SMILES string of the molecule is NN(C(=O)C1CCCN1S(=O)(=O)c1ccc(Cl)cc1)c1cccc2ccccc12. The molecule has 2 N–H and O–H groups in total. The maximum atomic E-state index is 13.2. The van der Waals surface area contributed by atoms with E-state index in [0.717, 1.165) is 15.8 Å². The number of carbonyl (C=O) groups excluding carboxylic acids is 1. The molecule has 1 amide bonds. The lowest BCUT2D eigenvalue weighted by molar-refractivity contribution is -0.121. The van der Waals surface area contributed by atoms with Gasteiger partial charge in [-0.05, 0) is 48.6 Å². The number of nitrogens with two attached hydrogens (primary N) is 1. The van der Waals surface area contributed by atoms with Crippen molar-refractivity contribution in [1.82, 2.24) is 4.31 Å². The Morgan fingerprint density at radius 3 is 2.48 bits per heavy atom. The predicted octanol–water partition coefficient (Wildman–Crippen LogP) is 3.55. The van der Waals surface area contributed by atoms with Crippen molar-refractivity contribution in [2.75, 3.05) is 11.6 Å². The van der Waals surface area contributed by atoms with Crippen LogP contribution in [0.15, 0.2) is 71.6 Å². The summed E-state index contributed by atoms with van der Waals surface area (Å²) in [6.45, 7) is 0.269. The van der Waals surface area contributed by atoms with Crippen LogP contribution >= 0.6 is 11.6 Å². The number of hydrogen-bond acceptors (Lipinski definition) is 4. The summed E-state index contributed by atoms with van der Waals surface area (Å²) in [7, 11) is -3.84. The number of amides is 1. The number of hydrogen-bond donors (Lipinski definition) is 1. The second-order valence-corrected chi connectivity index (χ2v) is 9.26. The minimum atomic E-state index is -3.84. The predicted molar refractivity (Wildman–Crippen MR) is 114 cm³/mol. The van der Waals surface area contributed by atoms with Gasteiger partial charge in [0.2, 0.25) is 10.0 Å². The highest BCUT2D eigenvalue weighted by molar-refractivity contribution is 7.89. The Hall–Kier alpha value is -2.45. The van der Waals surface area contributed by atoms with E-state index in [9.17, 15) is 13.2 Å². The van der Waals surface area contributed by atoms with Crippen LogP contribution in [-0.2, 0) is 14.8 Å². The molecule has 0 radical (unpaired) electrons. The molecule has 0 aliphatic carbocycles. The molecule has 1 aliphatic heterocycles. The van der Waals surface area contributed by atoms with Crippen LogP contribution in [0.4, 0.5) is 5.69 Å². The van der Waals surface area contributed by atoms with Gasteiger partial charge in [-0.25, -0.2) is 19.3 Å². The number of fused-ring (bicyclic) bond motifs is 1. The lowest BCUT2D eigenvalue weighted by Crippen LogP contribution is -2.50. The Kier molecular flexibility index (Phi) is 5.31. The summed E-state index contributed by atoms with van der Waals surface area (Å²) >= 11 is 5.87. The Balaban J connectivity index is 1.66. The van der Waals surface area contributed by atoms with Crippen LogP contribution < -0.4 is 10.9 Å². The largest absolute Gasteiger partial charge is 0.271 e. The molecule has 6 nitrogen and oxygen atoms in total. The summed E-state index contributed by atoms with van der Waals surface area (Å²) < 4.78 is 27.4. The van der Waals surface area contributed by atoms with E-state index in [0.29, 0.717) is 23.6 Å². The maximum absolute atomic E-state index is 13.2. The molecule has 0 aromatic heterocycles. The first-order valence-corrected chi connectivity index (χ1v) is 11.1. The lowest BCUT2D eigenvalue weighted by Gasteiger charge is -2.27. The molecule has 4 rings (SSSR count). The van der Waals surface area contributed by atoms with Gasteiger partial charge in [-0.3, -0.25) is 4.79 Å². The Labute approximate surface area is 174 Å². The molecule has 1 atom stereocenters. The molecule has 1 heterocycles. The number of anilines is 1. The highest BCUT2D eigenvalue weighted by Crippen LogP contribution is 2.30. The van der Waals surface area contributed by atoms with E-state index in [1.54, 1.807) is 6.07 Å². The number of carbonyl (C=O) groups is 1. The maximum Gasteiger partial charge on any atom is 0.259 e. The molecule has 29 heavy (non-hydrogen) atoms. The number of hydrazine groups is 1. The summed E-state index contributed by atoms with van der Waals surface area (Å²) in [5, 5.41) is 3.30. The molecule has 1 fully saturated rings. The number of nitrogens with zero attached hydrogens (tertiary/aromatic N) is 2. The van der Waals surface area contributed by atoms with Gasteiger partial charge < -0.3 is 0 Å². The molecule has 0 saturated carbocycles. The number of halogens is 1. The van der Waals surface area contributed by atoms with E-state index in [1.807, 2.05) is 36.4 Å². The molecule has 1 saturated heterocycles. The van der Waals surface area contributed by atoms with Crippen molar-refractivity contribution in [2.45, 2.75) is 23.8 Å². The van der Waals surface area contributed by atoms with E-state index >= 15 is 0 Å². The molecule has 3 aromatic rings. The van der Waals surface area contributed by atoms with Crippen LogP contribution in [0.1, 0.15) is 12.8 Å². The molecule has 0 bridgehead atoms. The van der Waals surface area contributed by atoms with E-state index in [-0.39, 0.29) is 11.4 Å². The average molecular weight is 430 g/mol. The normalized spacial score (nSPS) is 17.5. The van der Waals surface area contributed by atoms with Gasteiger partial charge in [0, 0.05) is 17.0 Å². The van der Waals surface area contributed by atoms with Crippen LogP contribution in [0.5, 0.6) is 0 Å². The monoisotopic (exact) mass is 429 g/mol. The molecule has 0 spiro atoms. The quantitative estimate of drug-likeness (QED) is 0.390. The first-order valence-electron chi connectivity index (χ1n) is 9.23. The fourth-order valence-electron chi connectivity index (χ4n) is 3.71. The van der Waals surface area contributed by atoms with Crippen LogP contribution in [0.25, 0.3) is 10.8 Å². The summed E-state index contributed by atoms with van der Waals surface area (Å²) in [4.78, 5) is 13.3. The third-order valence-corrected chi connectivity index (χ3v) is 7.35. The van der Waals surface area contributed by atoms with Gasteiger partial charge in [-0.1, -0.05) is 48.0 Å². The van der Waals surface area contributed by atoms with Gasteiger partial charge in [0.1, 0.15) is 6.04 Å². The summed E-state index contributed by atoms with van der Waals surface area (Å²) in [5.41, 5.74) is 0.545. The standard InChI is InChI=1S/C21H20ClN3O3S/c22-16-10-12-17(13-11-16)29(27,28)24-14-4-9-20(24)21(26)25(23)19-8-3-6-15-5-1-2-7-18(15)19/h1-3,5-8,10-13,20H,4,9,14,23H2. The van der Waals surface area contributed by atoms with Crippen molar-refractivity contribution in [3.63, 3.8) is 0 Å². The minimum Gasteiger partial charge on any atom is -0.271 e. The zero-order valence-electron chi connectivity index (χ0n) is 15.5. The van der Waals surface area contributed by atoms with Gasteiger partial charge in [0.05, 0.1) is 10.6 Å². The summed E-state index contributed by atoms with van der Waals surface area (Å²) in [6.07, 6.45) is 1.01. The average Bonchev–Trinajstić information content (AvgIpc) is 3.23. The van der Waals surface area contributed by atoms with Crippen molar-refractivity contribution < 1.29 is 13.2 Å². The first-order chi connectivity index (χ1) is 13.9. The Bertz CT molecular complexity index is 1160. The second kappa shape index (κ2) is 7.76. The first kappa shape index (κ1) is 19.8. The zero-order valence-corrected chi connectivity index (χ0v) is 17.1. The topological polar surface area (TPSA) is 83.7 Å². The Morgan fingerprint density at radius 1 is 1.03 bits per heavy atom. The molecule has 3 aromatic carbocycles. The smallest absolute Gasteiger partial charge is 0.259 e. The van der Waals surface area contributed by atoms with E-state index < -0.39 is 22.0 Å². The van der Waals surface area contributed by atoms with Crippen LogP contribution in [-0.4, -0.2) is 31.2 Å². The molecular formula is C21H20ClN3O3S. The van der Waals surface area contributed by atoms with Crippen molar-refractivity contribution in [3.05, 3.63) is 71.8 Å². The van der Waals surface area contributed by atoms with E-state index in [4.69, 9.17) is 17.4 Å². The van der Waals surface area contributed by atoms with Crippen molar-refractivity contribution in [2.24, 2.45) is 5.84 Å². The van der Waals surface area contributed by atoms with Gasteiger partial charge >= 0.3 is 0 Å². The van der Waals surface area contributed by atoms with Gasteiger partial charge in [-0.2, -0.15) is 4.31 Å². The van der Waals surface area contributed by atoms with Gasteiger partial charge in [-0.15, -0.1) is 0 Å².